The van der Waals surface area contributed by atoms with Crippen LogP contribution in [0.1, 0.15) is 75.6 Å². The average molecular weight is 620 g/mol. The number of hydrogen-bond donors (Lipinski definition) is 2. The van der Waals surface area contributed by atoms with Gasteiger partial charge in [-0.3, -0.25) is 9.59 Å². The molecule has 0 bridgehead atoms. The van der Waals surface area contributed by atoms with Gasteiger partial charge in [0.15, 0.2) is 5.60 Å². The summed E-state index contributed by atoms with van der Waals surface area (Å²) in [6.07, 6.45) is 8.76. The van der Waals surface area contributed by atoms with E-state index in [0.29, 0.717) is 24.9 Å². The molecule has 0 radical (unpaired) electrons. The third-order valence-electron chi connectivity index (χ3n) is 11.8. The zero-order chi connectivity index (χ0) is 31.0. The van der Waals surface area contributed by atoms with Gasteiger partial charge in [0.25, 0.3) is 0 Å². The number of ether oxygens (including phenoxy) is 1. The van der Waals surface area contributed by atoms with E-state index in [-0.39, 0.29) is 51.5 Å². The van der Waals surface area contributed by atoms with Crippen LogP contribution in [0.15, 0.2) is 30.0 Å². The van der Waals surface area contributed by atoms with E-state index in [1.165, 1.54) is 11.6 Å². The van der Waals surface area contributed by atoms with E-state index in [9.17, 15) is 29.5 Å². The van der Waals surface area contributed by atoms with Gasteiger partial charge in [-0.15, -0.1) is 0 Å². The van der Waals surface area contributed by atoms with Crippen LogP contribution in [0.2, 0.25) is 0 Å². The van der Waals surface area contributed by atoms with E-state index in [1.54, 1.807) is 16.8 Å². The molecular formula is C34H38FN3O5S. The first-order valence-electron chi connectivity index (χ1n) is 15.7. The summed E-state index contributed by atoms with van der Waals surface area (Å²) < 4.78 is 22.1. The highest BCUT2D eigenvalue weighted by molar-refractivity contribution is 8.14. The number of allylic oxidation sites excluding steroid dienone is 1. The number of esters is 1. The van der Waals surface area contributed by atoms with E-state index in [1.807, 2.05) is 19.2 Å². The molecule has 0 saturated heterocycles. The first-order chi connectivity index (χ1) is 21.1. The minimum atomic E-state index is -1.34. The van der Waals surface area contributed by atoms with Gasteiger partial charge in [0, 0.05) is 11.0 Å². The second-order valence-electron chi connectivity index (χ2n) is 14.0. The lowest BCUT2D eigenvalue weighted by Gasteiger charge is -2.60. The highest BCUT2D eigenvalue weighted by atomic mass is 32.2. The minimum Gasteiger partial charge on any atom is -0.449 e. The third-order valence-corrected chi connectivity index (χ3v) is 12.6. The molecule has 7 rings (SSSR count). The Morgan fingerprint density at radius 1 is 1.25 bits per heavy atom. The number of carbonyl (C=O) groups excluding carboxylic acids is 2. The van der Waals surface area contributed by atoms with Gasteiger partial charge in [-0.1, -0.05) is 31.2 Å². The summed E-state index contributed by atoms with van der Waals surface area (Å²) in [4.78, 5) is 26.9. The molecule has 5 aliphatic carbocycles. The Bertz CT molecular complexity index is 1610. The summed E-state index contributed by atoms with van der Waals surface area (Å²) in [5.41, 5.74) is 1.75. The highest BCUT2D eigenvalue weighted by Crippen LogP contribution is 2.69. The minimum absolute atomic E-state index is 0.00159. The number of nitriles is 1. The number of halogens is 1. The monoisotopic (exact) mass is 619 g/mol. The van der Waals surface area contributed by atoms with E-state index in [0.717, 1.165) is 55.1 Å². The van der Waals surface area contributed by atoms with Gasteiger partial charge in [0.2, 0.25) is 5.12 Å². The van der Waals surface area contributed by atoms with Crippen LogP contribution < -0.4 is 0 Å². The maximum absolute atomic E-state index is 14.1. The van der Waals surface area contributed by atoms with E-state index in [4.69, 9.17) is 4.74 Å². The molecule has 2 N–H and O–H groups in total. The number of aromatic nitrogens is 2. The second kappa shape index (κ2) is 10.5. The van der Waals surface area contributed by atoms with Crippen LogP contribution in [-0.2, 0) is 27.4 Å². The summed E-state index contributed by atoms with van der Waals surface area (Å²) in [6, 6.07) is 6.68. The molecule has 44 heavy (non-hydrogen) atoms. The highest BCUT2D eigenvalue weighted by Gasteiger charge is 2.71. The van der Waals surface area contributed by atoms with Crippen molar-refractivity contribution in [1.82, 2.24) is 9.78 Å². The average Bonchev–Trinajstić information content (AvgIpc) is 3.72. The molecule has 4 fully saturated rings. The van der Waals surface area contributed by atoms with Crippen LogP contribution in [0, 0.1) is 51.6 Å². The molecule has 4 saturated carbocycles. The quantitative estimate of drug-likeness (QED) is 0.427. The van der Waals surface area contributed by atoms with Gasteiger partial charge in [-0.25, -0.2) is 9.07 Å². The lowest BCUT2D eigenvalue weighted by atomic mass is 9.45. The number of carbonyl (C=O) groups is 2. The Morgan fingerprint density at radius 3 is 2.77 bits per heavy atom. The molecular weight excluding hydrogens is 581 g/mol. The normalized spacial score (nSPS) is 35.4. The molecule has 2 aromatic rings. The molecule has 7 atom stereocenters. The van der Waals surface area contributed by atoms with Gasteiger partial charge in [-0.2, -0.15) is 10.4 Å². The zero-order valence-electron chi connectivity index (χ0n) is 25.1. The fourth-order valence-electron chi connectivity index (χ4n) is 9.53. The SMILES string of the molecule is C[C@]12Cc3cnn(-c4ccc(F)c(CO)c4)c3C=C1CC[C@@H]1[C@@H]2[C@@H](O)C[C@@]2(C)[C@H]1CC[C@]2(OC(=O)C1CC1)C(=O)SCC#N. The molecule has 232 valence electrons. The third kappa shape index (κ3) is 4.26. The largest absolute Gasteiger partial charge is 0.449 e. The van der Waals surface area contributed by atoms with Crippen LogP contribution in [-0.4, -0.2) is 48.5 Å². The summed E-state index contributed by atoms with van der Waals surface area (Å²) in [5.74, 6) is -0.745. The zero-order valence-corrected chi connectivity index (χ0v) is 25.9. The topological polar surface area (TPSA) is 125 Å². The number of hydrogen-bond acceptors (Lipinski definition) is 8. The molecule has 0 spiro atoms. The van der Waals surface area contributed by atoms with Crippen molar-refractivity contribution in [3.8, 4) is 11.8 Å². The molecule has 1 heterocycles. The lowest BCUT2D eigenvalue weighted by Crippen LogP contribution is -2.62. The molecule has 10 heteroatoms. The van der Waals surface area contributed by atoms with E-state index < -0.39 is 29.5 Å². The Morgan fingerprint density at radius 2 is 2.05 bits per heavy atom. The summed E-state index contributed by atoms with van der Waals surface area (Å²) in [7, 11) is 0. The smallest absolute Gasteiger partial charge is 0.309 e. The van der Waals surface area contributed by atoms with E-state index in [2.05, 4.69) is 18.1 Å². The number of benzene rings is 1. The molecule has 0 aliphatic heterocycles. The number of aliphatic hydroxyl groups is 2. The van der Waals surface area contributed by atoms with Crippen molar-refractivity contribution < 1.29 is 28.9 Å². The Labute approximate surface area is 260 Å². The van der Waals surface area contributed by atoms with Crippen LogP contribution >= 0.6 is 11.8 Å². The second-order valence-corrected chi connectivity index (χ2v) is 14.9. The summed E-state index contributed by atoms with van der Waals surface area (Å²) in [5, 5.41) is 35.3. The molecule has 5 aliphatic rings. The lowest BCUT2D eigenvalue weighted by molar-refractivity contribution is -0.197. The summed E-state index contributed by atoms with van der Waals surface area (Å²) in [6.45, 7) is 3.88. The van der Waals surface area contributed by atoms with Gasteiger partial charge in [0.05, 0.1) is 48.0 Å². The Hall–Kier alpha value is -3.00. The number of rotatable bonds is 6. The standard InChI is InChI=1S/C34H38FN3O5S/c1-32-15-21-17-37-38(23-6-8-26(35)20(13-23)18-39)27(21)14-22(32)5-7-24-25-9-10-34(31(42)44-12-11-36,43-30(41)19-3-4-19)33(25,2)16-28(40)29(24)32/h6,8,13-14,17,19,24-25,28-29,39-40H,3-5,7,9-10,12,15-16,18H2,1-2H3/t24-,25-,28-,29+,32-,33-,34-/m0/s1. The van der Waals surface area contributed by atoms with Crippen molar-refractivity contribution in [3.63, 3.8) is 0 Å². The molecule has 1 aromatic carbocycles. The molecule has 0 unspecified atom stereocenters. The fourth-order valence-corrected chi connectivity index (χ4v) is 10.3. The van der Waals surface area contributed by atoms with Gasteiger partial charge in [-0.05, 0) is 104 Å². The maximum atomic E-state index is 14.1. The first kappa shape index (κ1) is 29.7. The molecule has 1 aromatic heterocycles. The molecule has 8 nitrogen and oxygen atoms in total. The predicted molar refractivity (Wildman–Crippen MR) is 162 cm³/mol. The van der Waals surface area contributed by atoms with Crippen molar-refractivity contribution in [2.75, 3.05) is 5.75 Å². The maximum Gasteiger partial charge on any atom is 0.309 e. The number of fused-ring (bicyclic) bond motifs is 6. The van der Waals surface area contributed by atoms with Crippen molar-refractivity contribution in [1.29, 1.82) is 5.26 Å². The van der Waals surface area contributed by atoms with Gasteiger partial charge in [0.1, 0.15) is 5.82 Å². The van der Waals surface area contributed by atoms with Crippen LogP contribution in [0.5, 0.6) is 0 Å². The Kier molecular flexibility index (Phi) is 7.11. The number of nitrogens with zero attached hydrogens (tertiary/aromatic N) is 3. The number of aliphatic hydroxyl groups excluding tert-OH is 2. The first-order valence-corrected chi connectivity index (χ1v) is 16.7. The Balaban J connectivity index is 1.22. The van der Waals surface area contributed by atoms with Crippen molar-refractivity contribution >= 4 is 28.9 Å². The fraction of sp³-hybridized carbons (Fsp3) is 0.588. The van der Waals surface area contributed by atoms with Crippen LogP contribution in [0.3, 0.4) is 0 Å². The molecule has 0 amide bonds. The van der Waals surface area contributed by atoms with Crippen LogP contribution in [0.25, 0.3) is 11.8 Å². The van der Waals surface area contributed by atoms with Gasteiger partial charge >= 0.3 is 5.97 Å². The van der Waals surface area contributed by atoms with Crippen molar-refractivity contribution in [2.24, 2.45) is 34.5 Å². The predicted octanol–water partition coefficient (Wildman–Crippen LogP) is 5.13. The van der Waals surface area contributed by atoms with Crippen molar-refractivity contribution in [2.45, 2.75) is 83.5 Å². The van der Waals surface area contributed by atoms with Crippen molar-refractivity contribution in [3.05, 3.63) is 52.6 Å². The van der Waals surface area contributed by atoms with Crippen LogP contribution in [0.4, 0.5) is 4.39 Å². The number of thioether (sulfide) groups is 1. The van der Waals surface area contributed by atoms with E-state index >= 15 is 0 Å². The van der Waals surface area contributed by atoms with Gasteiger partial charge < -0.3 is 14.9 Å². The summed E-state index contributed by atoms with van der Waals surface area (Å²) >= 11 is 0.933.